The first kappa shape index (κ1) is 45.4. The summed E-state index contributed by atoms with van der Waals surface area (Å²) in [5.41, 5.74) is 42.8. The third kappa shape index (κ3) is 13.4. The van der Waals surface area contributed by atoms with Gasteiger partial charge in [-0.15, -0.1) is 10.2 Å². The summed E-state index contributed by atoms with van der Waals surface area (Å²) in [5, 5.41) is 27.4. The van der Waals surface area contributed by atoms with E-state index in [0.717, 1.165) is 46.1 Å². The third-order valence-corrected chi connectivity index (χ3v) is 9.46. The number of fused-ring (bicyclic) bond motifs is 1. The Kier molecular flexibility index (Phi) is 16.1. The van der Waals surface area contributed by atoms with Crippen LogP contribution in [-0.2, 0) is 0 Å². The van der Waals surface area contributed by atoms with Crippen molar-refractivity contribution in [3.05, 3.63) is 85.2 Å². The van der Waals surface area contributed by atoms with Crippen LogP contribution in [0.3, 0.4) is 0 Å². The number of rotatable bonds is 25. The van der Waals surface area contributed by atoms with Crippen LogP contribution < -0.4 is 59.1 Å². The van der Waals surface area contributed by atoms with E-state index >= 15 is 0 Å². The Morgan fingerprint density at radius 3 is 1.33 bits per heavy atom. The van der Waals surface area contributed by atoms with E-state index in [9.17, 15) is 0 Å². The van der Waals surface area contributed by atoms with Crippen LogP contribution >= 0.6 is 0 Å². The first-order chi connectivity index (χ1) is 31.0. The van der Waals surface area contributed by atoms with Crippen molar-refractivity contribution >= 4 is 34.5 Å². The van der Waals surface area contributed by atoms with Crippen LogP contribution in [0.1, 0.15) is 38.5 Å². The lowest BCUT2D eigenvalue weighted by molar-refractivity contribution is 0.263. The van der Waals surface area contributed by atoms with E-state index in [1.165, 1.54) is 0 Å². The number of amidine groups is 1. The van der Waals surface area contributed by atoms with Gasteiger partial charge in [-0.05, 0) is 60.0 Å². The number of hydrogen-bond donors (Lipinski definition) is 8. The van der Waals surface area contributed by atoms with Crippen LogP contribution in [0.4, 0.5) is 0 Å². The van der Waals surface area contributed by atoms with E-state index in [-0.39, 0.29) is 23.7 Å². The second kappa shape index (κ2) is 22.7. The minimum atomic E-state index is 0.0289. The molecule has 0 spiro atoms. The molecule has 2 aromatic heterocycles. The van der Waals surface area contributed by atoms with Crippen LogP contribution in [0.2, 0.25) is 0 Å². The summed E-state index contributed by atoms with van der Waals surface area (Å²) in [6.45, 7) is 2.86. The smallest absolute Gasteiger partial charge is 0.185 e. The maximum atomic E-state index is 7.49. The van der Waals surface area contributed by atoms with Crippen molar-refractivity contribution in [2.75, 3.05) is 46.1 Å². The van der Waals surface area contributed by atoms with Crippen molar-refractivity contribution in [2.24, 2.45) is 55.1 Å². The number of guanidine groups is 3. The van der Waals surface area contributed by atoms with E-state index in [2.05, 4.69) is 47.7 Å². The number of nitrogens with zero attached hydrogens (tertiary/aromatic N) is 9. The molecule has 0 aliphatic rings. The first-order valence-corrected chi connectivity index (χ1v) is 20.7. The van der Waals surface area contributed by atoms with Crippen molar-refractivity contribution in [3.8, 4) is 56.9 Å². The Hall–Kier alpha value is -8.10. The summed E-state index contributed by atoms with van der Waals surface area (Å²) in [5.74, 6) is 2.47. The van der Waals surface area contributed by atoms with Crippen molar-refractivity contribution in [1.29, 1.82) is 5.41 Å². The van der Waals surface area contributed by atoms with Gasteiger partial charge in [-0.1, -0.05) is 34.7 Å². The molecule has 0 radical (unpaired) electrons. The highest BCUT2D eigenvalue weighted by Crippen LogP contribution is 2.33. The molecule has 6 aromatic rings. The molecular weight excluding hydrogens is 819 g/mol. The monoisotopic (exact) mass is 873 g/mol. The van der Waals surface area contributed by atoms with Crippen molar-refractivity contribution in [2.45, 2.75) is 38.5 Å². The highest BCUT2D eigenvalue weighted by molar-refractivity contribution is 5.90. The Morgan fingerprint density at radius 1 is 0.484 bits per heavy atom. The standard InChI is InChI=1S/C43H55N17O4/c44-40(45)6-1-2-18-63-38-24-32(11-13-36(38)61-19-3-15-52-41(46)47)59-26-34(55-57-59)29-9-7-28-8-10-30(23-31(28)22-29)35-27-60(58-56-35)33-12-14-37(62-20-4-16-53-42(48)49)39(25-33)64-21-5-17-54-43(50)51/h7-14,22-27H,1-6,15-21H2,(H3,44,45)(H4,46,47,52)(H4,48,49,53)(H4,50,51,54). The minimum Gasteiger partial charge on any atom is -0.490 e. The van der Waals surface area contributed by atoms with Gasteiger partial charge in [0.25, 0.3) is 0 Å². The number of ether oxygens (including phenoxy) is 4. The van der Waals surface area contributed by atoms with Crippen LogP contribution in [0.5, 0.6) is 23.0 Å². The molecular formula is C43H55N17O4. The molecule has 15 N–H and O–H groups in total. The Labute approximate surface area is 369 Å². The fraction of sp³-hybridized carbons (Fsp3) is 0.302. The molecule has 4 aromatic carbocycles. The second-order valence-electron chi connectivity index (χ2n) is 14.5. The number of hydrogen-bond acceptors (Lipinski definition) is 12. The molecule has 2 heterocycles. The van der Waals surface area contributed by atoms with E-state index < -0.39 is 0 Å². The van der Waals surface area contributed by atoms with Gasteiger partial charge in [0.2, 0.25) is 0 Å². The molecule has 0 amide bonds. The summed E-state index contributed by atoms with van der Waals surface area (Å²) in [7, 11) is 0. The van der Waals surface area contributed by atoms with Crippen molar-refractivity contribution in [1.82, 2.24) is 30.0 Å². The SMILES string of the molecule is N=C(N)CCCCOc1cc(-n2cc(-c3ccc4ccc(-c5cn(-c6ccc(OCCCN=C(N)N)c(OCCCN=C(N)N)c6)nn5)cc4c3)nn2)ccc1OCCCN=C(N)N. The number of nitrogens with one attached hydrogen (secondary N) is 1. The lowest BCUT2D eigenvalue weighted by Gasteiger charge is -2.14. The number of aromatic nitrogens is 6. The van der Waals surface area contributed by atoms with Gasteiger partial charge in [0.15, 0.2) is 40.9 Å². The Morgan fingerprint density at radius 2 is 0.906 bits per heavy atom. The van der Waals surface area contributed by atoms with Crippen molar-refractivity contribution in [3.63, 3.8) is 0 Å². The van der Waals surface area contributed by atoms with Crippen molar-refractivity contribution < 1.29 is 18.9 Å². The summed E-state index contributed by atoms with van der Waals surface area (Å²) >= 11 is 0. The maximum absolute atomic E-state index is 7.49. The average molecular weight is 874 g/mol. The molecule has 21 heteroatoms. The molecule has 0 fully saturated rings. The van der Waals surface area contributed by atoms with Crippen LogP contribution in [0.25, 0.3) is 44.7 Å². The zero-order valence-corrected chi connectivity index (χ0v) is 35.5. The molecule has 336 valence electrons. The van der Waals surface area contributed by atoms with Crippen LogP contribution in [0.15, 0.2) is 100 Å². The van der Waals surface area contributed by atoms with Crippen LogP contribution in [-0.4, -0.2) is 99.8 Å². The van der Waals surface area contributed by atoms with Crippen LogP contribution in [0, 0.1) is 5.41 Å². The average Bonchev–Trinajstić information content (AvgIpc) is 3.98. The predicted molar refractivity (Wildman–Crippen MR) is 248 cm³/mol. The summed E-state index contributed by atoms with van der Waals surface area (Å²) < 4.78 is 27.7. The third-order valence-electron chi connectivity index (χ3n) is 9.46. The van der Waals surface area contributed by atoms with Gasteiger partial charge in [0, 0.05) is 68.6 Å². The highest BCUT2D eigenvalue weighted by Gasteiger charge is 2.14. The minimum absolute atomic E-state index is 0.0289. The Balaban J connectivity index is 1.17. The summed E-state index contributed by atoms with van der Waals surface area (Å²) in [6, 6.07) is 23.4. The van der Waals surface area contributed by atoms with Gasteiger partial charge in [-0.2, -0.15) is 0 Å². The van der Waals surface area contributed by atoms with Gasteiger partial charge in [-0.25, -0.2) is 9.36 Å². The number of unbranched alkanes of at least 4 members (excludes halogenated alkanes) is 1. The van der Waals surface area contributed by atoms with Gasteiger partial charge in [-0.3, -0.25) is 20.4 Å². The quantitative estimate of drug-likeness (QED) is 0.0233. The van der Waals surface area contributed by atoms with E-state index in [1.807, 2.05) is 73.1 Å². The van der Waals surface area contributed by atoms with E-state index in [1.54, 1.807) is 9.36 Å². The first-order valence-electron chi connectivity index (χ1n) is 20.7. The molecule has 6 rings (SSSR count). The molecule has 0 atom stereocenters. The lowest BCUT2D eigenvalue weighted by atomic mass is 10.0. The van der Waals surface area contributed by atoms with E-state index in [4.69, 9.17) is 64.5 Å². The molecule has 21 nitrogen and oxygen atoms in total. The zero-order valence-electron chi connectivity index (χ0n) is 35.5. The molecule has 0 aliphatic carbocycles. The van der Waals surface area contributed by atoms with Gasteiger partial charge in [0.05, 0.1) is 56.0 Å². The fourth-order valence-corrected chi connectivity index (χ4v) is 6.32. The highest BCUT2D eigenvalue weighted by atomic mass is 16.5. The summed E-state index contributed by atoms with van der Waals surface area (Å²) in [6.07, 6.45) is 7.52. The number of aliphatic imine (C=N–C) groups is 3. The Bertz CT molecular complexity index is 2570. The molecule has 64 heavy (non-hydrogen) atoms. The normalized spacial score (nSPS) is 10.9. The van der Waals surface area contributed by atoms with Gasteiger partial charge < -0.3 is 59.1 Å². The van der Waals surface area contributed by atoms with Gasteiger partial charge in [0.1, 0.15) is 11.4 Å². The number of nitrogens with two attached hydrogens (primary N) is 7. The fourth-order valence-electron chi connectivity index (χ4n) is 6.32. The lowest BCUT2D eigenvalue weighted by Crippen LogP contribution is -2.23. The van der Waals surface area contributed by atoms with E-state index in [0.29, 0.717) is 106 Å². The zero-order chi connectivity index (χ0) is 45.3. The van der Waals surface area contributed by atoms with Gasteiger partial charge >= 0.3 is 0 Å². The second-order valence-corrected chi connectivity index (χ2v) is 14.5. The summed E-state index contributed by atoms with van der Waals surface area (Å²) in [4.78, 5) is 12.0. The number of benzene rings is 4. The predicted octanol–water partition coefficient (Wildman–Crippen LogP) is 2.95. The molecule has 0 saturated heterocycles. The molecule has 0 unspecified atom stereocenters. The maximum Gasteiger partial charge on any atom is 0.185 e. The largest absolute Gasteiger partial charge is 0.490 e. The topological polar surface area (TPSA) is 341 Å². The molecule has 0 bridgehead atoms. The molecule has 0 aliphatic heterocycles. The molecule has 0 saturated carbocycles.